The van der Waals surface area contributed by atoms with Crippen LogP contribution in [0.2, 0.25) is 0 Å². The lowest BCUT2D eigenvalue weighted by atomic mass is 10.1. The minimum Gasteiger partial charge on any atom is -0.465 e. The van der Waals surface area contributed by atoms with Crippen molar-refractivity contribution in [2.24, 2.45) is 11.7 Å². The van der Waals surface area contributed by atoms with Crippen molar-refractivity contribution in [1.82, 2.24) is 4.90 Å². The number of esters is 1. The van der Waals surface area contributed by atoms with E-state index in [1.54, 1.807) is 0 Å². The zero-order chi connectivity index (χ0) is 10.8. The molecule has 1 saturated heterocycles. The Morgan fingerprint density at radius 3 is 2.93 bits per heavy atom. The second-order valence-electron chi connectivity index (χ2n) is 4.65. The maximum Gasteiger partial charge on any atom is 0.324 e. The van der Waals surface area contributed by atoms with Gasteiger partial charge in [-0.25, -0.2) is 0 Å². The van der Waals surface area contributed by atoms with Gasteiger partial charge in [0.05, 0.1) is 6.61 Å². The van der Waals surface area contributed by atoms with Gasteiger partial charge in [-0.15, -0.1) is 0 Å². The molecule has 86 valence electrons. The third-order valence-corrected chi connectivity index (χ3v) is 3.54. The van der Waals surface area contributed by atoms with Crippen molar-refractivity contribution in [2.45, 2.75) is 38.3 Å². The van der Waals surface area contributed by atoms with Gasteiger partial charge in [-0.1, -0.05) is 0 Å². The Balaban J connectivity index is 1.79. The molecule has 1 aliphatic carbocycles. The molecule has 2 bridgehead atoms. The lowest BCUT2D eigenvalue weighted by molar-refractivity contribution is -0.145. The summed E-state index contributed by atoms with van der Waals surface area (Å²) < 4.78 is 4.90. The smallest absolute Gasteiger partial charge is 0.324 e. The first-order valence-corrected chi connectivity index (χ1v) is 5.87. The van der Waals surface area contributed by atoms with Crippen LogP contribution in [0, 0.1) is 5.92 Å². The minimum absolute atomic E-state index is 0.264. The quantitative estimate of drug-likeness (QED) is 0.684. The van der Waals surface area contributed by atoms with Gasteiger partial charge in [-0.3, -0.25) is 9.69 Å². The van der Waals surface area contributed by atoms with E-state index in [0.29, 0.717) is 19.2 Å². The monoisotopic (exact) mass is 212 g/mol. The van der Waals surface area contributed by atoms with E-state index in [0.717, 1.165) is 12.5 Å². The van der Waals surface area contributed by atoms with Crippen molar-refractivity contribution in [2.75, 3.05) is 19.7 Å². The average molecular weight is 212 g/mol. The Morgan fingerprint density at radius 2 is 2.40 bits per heavy atom. The van der Waals surface area contributed by atoms with E-state index in [1.165, 1.54) is 19.3 Å². The Bertz CT molecular complexity index is 245. The SMILES string of the molecule is CCOC(=O)C(N)CN1CC2CCC1C2. The van der Waals surface area contributed by atoms with Crippen LogP contribution in [0.25, 0.3) is 0 Å². The number of likely N-dealkylation sites (tertiary alicyclic amines) is 1. The van der Waals surface area contributed by atoms with Gasteiger partial charge in [0.15, 0.2) is 0 Å². The summed E-state index contributed by atoms with van der Waals surface area (Å²) in [6, 6.07) is 0.208. The number of fused-ring (bicyclic) bond motifs is 2. The average Bonchev–Trinajstić information content (AvgIpc) is 2.79. The van der Waals surface area contributed by atoms with E-state index in [-0.39, 0.29) is 5.97 Å². The molecule has 1 saturated carbocycles. The molecule has 2 aliphatic rings. The Hall–Kier alpha value is -0.610. The second-order valence-corrected chi connectivity index (χ2v) is 4.65. The number of nitrogens with zero attached hydrogens (tertiary/aromatic N) is 1. The van der Waals surface area contributed by atoms with E-state index >= 15 is 0 Å². The largest absolute Gasteiger partial charge is 0.465 e. The van der Waals surface area contributed by atoms with Crippen molar-refractivity contribution in [1.29, 1.82) is 0 Å². The fourth-order valence-electron chi connectivity index (χ4n) is 2.83. The zero-order valence-electron chi connectivity index (χ0n) is 9.32. The lowest BCUT2D eigenvalue weighted by Gasteiger charge is -2.28. The van der Waals surface area contributed by atoms with Crippen LogP contribution in [-0.4, -0.2) is 42.6 Å². The molecule has 3 unspecified atom stereocenters. The van der Waals surface area contributed by atoms with Crippen LogP contribution in [0.4, 0.5) is 0 Å². The standard InChI is InChI=1S/C11H20N2O2/c1-2-15-11(14)10(12)7-13-6-8-3-4-9(13)5-8/h8-10H,2-7,12H2,1H3. The highest BCUT2D eigenvalue weighted by molar-refractivity contribution is 5.75. The molecule has 0 aromatic heterocycles. The van der Waals surface area contributed by atoms with Crippen LogP contribution in [0.1, 0.15) is 26.2 Å². The van der Waals surface area contributed by atoms with Crippen LogP contribution in [0.3, 0.4) is 0 Å². The van der Waals surface area contributed by atoms with Crippen molar-refractivity contribution in [3.8, 4) is 0 Å². The number of piperidine rings is 1. The molecule has 0 aromatic rings. The van der Waals surface area contributed by atoms with Gasteiger partial charge in [-0.05, 0) is 32.1 Å². The zero-order valence-corrected chi connectivity index (χ0v) is 9.32. The summed E-state index contributed by atoms with van der Waals surface area (Å²) in [6.07, 6.45) is 3.94. The molecule has 2 fully saturated rings. The molecule has 15 heavy (non-hydrogen) atoms. The van der Waals surface area contributed by atoms with E-state index in [2.05, 4.69) is 4.90 Å². The van der Waals surface area contributed by atoms with Crippen molar-refractivity contribution < 1.29 is 9.53 Å². The minimum atomic E-state index is -0.468. The summed E-state index contributed by atoms with van der Waals surface area (Å²) in [6.45, 7) is 4.01. The predicted molar refractivity (Wildman–Crippen MR) is 57.3 cm³/mol. The molecule has 4 heteroatoms. The maximum atomic E-state index is 11.4. The first-order valence-electron chi connectivity index (χ1n) is 5.87. The van der Waals surface area contributed by atoms with Crippen LogP contribution >= 0.6 is 0 Å². The molecule has 2 N–H and O–H groups in total. The molecule has 0 spiro atoms. The summed E-state index contributed by atoms with van der Waals surface area (Å²) in [5.74, 6) is 0.588. The number of rotatable bonds is 4. The van der Waals surface area contributed by atoms with Crippen LogP contribution in [0.5, 0.6) is 0 Å². The summed E-state index contributed by atoms with van der Waals surface area (Å²) in [5.41, 5.74) is 5.80. The molecule has 0 amide bonds. The summed E-state index contributed by atoms with van der Waals surface area (Å²) in [4.78, 5) is 13.7. The number of carbonyl (C=O) groups is 1. The molecule has 3 atom stereocenters. The summed E-state index contributed by atoms with van der Waals surface area (Å²) >= 11 is 0. The highest BCUT2D eigenvalue weighted by Gasteiger charge is 2.38. The highest BCUT2D eigenvalue weighted by atomic mass is 16.5. The Labute approximate surface area is 90.8 Å². The molecule has 0 radical (unpaired) electrons. The maximum absolute atomic E-state index is 11.4. The molecular formula is C11H20N2O2. The number of ether oxygens (including phenoxy) is 1. The first-order chi connectivity index (χ1) is 7.20. The molecule has 0 aromatic carbocycles. The molecule has 4 nitrogen and oxygen atoms in total. The van der Waals surface area contributed by atoms with Gasteiger partial charge in [0, 0.05) is 19.1 Å². The fraction of sp³-hybridized carbons (Fsp3) is 0.909. The van der Waals surface area contributed by atoms with Crippen molar-refractivity contribution in [3.05, 3.63) is 0 Å². The van der Waals surface area contributed by atoms with Gasteiger partial charge in [0.1, 0.15) is 6.04 Å². The highest BCUT2D eigenvalue weighted by Crippen LogP contribution is 2.37. The number of hydrogen-bond acceptors (Lipinski definition) is 4. The fourth-order valence-corrected chi connectivity index (χ4v) is 2.83. The predicted octanol–water partition coefficient (Wildman–Crippen LogP) is 0.361. The summed E-state index contributed by atoms with van der Waals surface area (Å²) in [7, 11) is 0. The second kappa shape index (κ2) is 4.49. The lowest BCUT2D eigenvalue weighted by Crippen LogP contribution is -2.46. The molecular weight excluding hydrogens is 192 g/mol. The molecule has 2 rings (SSSR count). The summed E-state index contributed by atoms with van der Waals surface area (Å²) in [5, 5.41) is 0. The number of nitrogens with two attached hydrogens (primary N) is 1. The van der Waals surface area contributed by atoms with Crippen LogP contribution in [0.15, 0.2) is 0 Å². The molecule has 1 heterocycles. The number of carbonyl (C=O) groups excluding carboxylic acids is 1. The topological polar surface area (TPSA) is 55.6 Å². The van der Waals surface area contributed by atoms with Gasteiger partial charge in [0.25, 0.3) is 0 Å². The Morgan fingerprint density at radius 1 is 1.60 bits per heavy atom. The third-order valence-electron chi connectivity index (χ3n) is 3.54. The van der Waals surface area contributed by atoms with Crippen molar-refractivity contribution in [3.63, 3.8) is 0 Å². The van der Waals surface area contributed by atoms with E-state index in [1.807, 2.05) is 6.92 Å². The van der Waals surface area contributed by atoms with Crippen molar-refractivity contribution >= 4 is 5.97 Å². The van der Waals surface area contributed by atoms with Gasteiger partial charge in [-0.2, -0.15) is 0 Å². The van der Waals surface area contributed by atoms with E-state index < -0.39 is 6.04 Å². The van der Waals surface area contributed by atoms with E-state index in [4.69, 9.17) is 10.5 Å². The first kappa shape index (κ1) is 10.9. The van der Waals surface area contributed by atoms with Gasteiger partial charge in [0.2, 0.25) is 0 Å². The number of hydrogen-bond donors (Lipinski definition) is 1. The van der Waals surface area contributed by atoms with Crippen LogP contribution < -0.4 is 5.73 Å². The van der Waals surface area contributed by atoms with Gasteiger partial charge >= 0.3 is 5.97 Å². The molecule has 1 aliphatic heterocycles. The Kier molecular flexibility index (Phi) is 3.26. The van der Waals surface area contributed by atoms with E-state index in [9.17, 15) is 4.79 Å². The van der Waals surface area contributed by atoms with Crippen LogP contribution in [-0.2, 0) is 9.53 Å². The normalized spacial score (nSPS) is 31.9. The van der Waals surface area contributed by atoms with Gasteiger partial charge < -0.3 is 10.5 Å². The third kappa shape index (κ3) is 2.32.